The van der Waals surface area contributed by atoms with Gasteiger partial charge in [0.15, 0.2) is 5.82 Å². The van der Waals surface area contributed by atoms with E-state index < -0.39 is 12.1 Å². The number of hydrogen-bond donors (Lipinski definition) is 2. The maximum Gasteiger partial charge on any atom is 0.490 e. The topological polar surface area (TPSA) is 107 Å². The number of hydrogen-bond acceptors (Lipinski definition) is 4. The Kier molecular flexibility index (Phi) is 9.60. The molecule has 1 aliphatic carbocycles. The van der Waals surface area contributed by atoms with Crippen LogP contribution < -0.4 is 0 Å². The molecule has 0 bridgehead atoms. The van der Waals surface area contributed by atoms with Crippen molar-refractivity contribution < 1.29 is 27.9 Å². The van der Waals surface area contributed by atoms with Crippen LogP contribution >= 0.6 is 0 Å². The van der Waals surface area contributed by atoms with Crippen LogP contribution in [-0.2, 0) is 11.2 Å². The molecule has 0 radical (unpaired) electrons. The number of aromatic nitrogens is 2. The number of carbonyl (C=O) groups is 2. The van der Waals surface area contributed by atoms with Gasteiger partial charge in [0.25, 0.3) is 0 Å². The summed E-state index contributed by atoms with van der Waals surface area (Å²) in [5.74, 6) is -2.02. The number of nitrogens with one attached hydrogen (secondary N) is 1. The summed E-state index contributed by atoms with van der Waals surface area (Å²) in [5.41, 5.74) is 5.33. The zero-order valence-electron chi connectivity index (χ0n) is 19.2. The Balaban J connectivity index is 0.000000509. The predicted molar refractivity (Wildman–Crippen MR) is 121 cm³/mol. The molecular formula is C25H28F3N3O3. The van der Waals surface area contributed by atoms with Crippen LogP contribution in [0.3, 0.4) is 0 Å². The van der Waals surface area contributed by atoms with Crippen LogP contribution in [0.15, 0.2) is 30.5 Å². The summed E-state index contributed by atoms with van der Waals surface area (Å²) in [5, 5.41) is 16.1. The normalized spacial score (nSPS) is 13.5. The van der Waals surface area contributed by atoms with Crippen molar-refractivity contribution in [1.29, 1.82) is 5.26 Å². The van der Waals surface area contributed by atoms with Crippen molar-refractivity contribution in [1.82, 2.24) is 9.97 Å². The number of carboxylic acid groups (broad SMARTS) is 1. The summed E-state index contributed by atoms with van der Waals surface area (Å²) < 4.78 is 31.7. The number of nitriles is 1. The van der Waals surface area contributed by atoms with Crippen molar-refractivity contribution in [2.24, 2.45) is 0 Å². The monoisotopic (exact) mass is 475 g/mol. The van der Waals surface area contributed by atoms with Gasteiger partial charge < -0.3 is 10.1 Å². The first-order valence-electron chi connectivity index (χ1n) is 11.2. The van der Waals surface area contributed by atoms with Crippen molar-refractivity contribution >= 4 is 17.3 Å². The highest BCUT2D eigenvalue weighted by atomic mass is 19.4. The average Bonchev–Trinajstić information content (AvgIpc) is 3.31. The largest absolute Gasteiger partial charge is 0.490 e. The van der Waals surface area contributed by atoms with Crippen LogP contribution in [-0.4, -0.2) is 33.0 Å². The maximum atomic E-state index is 12.7. The molecule has 0 aliphatic heterocycles. The molecule has 0 spiro atoms. The highest BCUT2D eigenvalue weighted by Crippen LogP contribution is 2.33. The molecule has 0 atom stereocenters. The van der Waals surface area contributed by atoms with Gasteiger partial charge >= 0.3 is 12.1 Å². The first kappa shape index (κ1) is 26.8. The van der Waals surface area contributed by atoms with Crippen molar-refractivity contribution in [2.75, 3.05) is 0 Å². The average molecular weight is 476 g/mol. The number of benzene rings is 1. The summed E-state index contributed by atoms with van der Waals surface area (Å²) >= 11 is 0. The first-order valence-corrected chi connectivity index (χ1v) is 11.2. The number of halogens is 3. The van der Waals surface area contributed by atoms with E-state index in [1.54, 1.807) is 0 Å². The van der Waals surface area contributed by atoms with Gasteiger partial charge in [-0.1, -0.05) is 38.1 Å². The third-order valence-electron chi connectivity index (χ3n) is 5.78. The molecular weight excluding hydrogens is 447 g/mol. The van der Waals surface area contributed by atoms with Gasteiger partial charge in [-0.25, -0.2) is 9.78 Å². The molecule has 6 nitrogen and oxygen atoms in total. The molecule has 2 N–H and O–H groups in total. The minimum Gasteiger partial charge on any atom is -0.475 e. The number of carboxylic acids is 1. The molecule has 0 amide bonds. The minimum absolute atomic E-state index is 0.0792. The van der Waals surface area contributed by atoms with E-state index in [1.165, 1.54) is 35.7 Å². The van der Waals surface area contributed by atoms with E-state index in [9.17, 15) is 18.0 Å². The van der Waals surface area contributed by atoms with E-state index in [0.29, 0.717) is 18.0 Å². The Morgan fingerprint density at radius 3 is 2.41 bits per heavy atom. The standard InChI is InChI=1S/C23H27N3O.C2HF3O2/c1-3-16(4-2)18-10-11-19(21(12-18)17-8-6-5-7-9-17)13-22(27)23-25-15-20(14-24)26-23;3-2(4,5)1(6)7/h8,10-12,15-16H,3-7,9,13H2,1-2H3,(H,25,26);(H,6,7). The SMILES string of the molecule is CCC(CC)c1ccc(CC(=O)c2ncc(C#N)[nH]2)c(C2=CCCCC2)c1.O=C(O)C(F)(F)F. The van der Waals surface area contributed by atoms with Crippen LogP contribution in [0.2, 0.25) is 0 Å². The van der Waals surface area contributed by atoms with Gasteiger partial charge in [-0.05, 0) is 66.7 Å². The van der Waals surface area contributed by atoms with Crippen LogP contribution in [0.5, 0.6) is 0 Å². The molecule has 3 rings (SSSR count). The van der Waals surface area contributed by atoms with Crippen molar-refractivity contribution in [3.05, 3.63) is 58.7 Å². The van der Waals surface area contributed by atoms with Crippen molar-refractivity contribution in [2.45, 2.75) is 70.9 Å². The zero-order valence-corrected chi connectivity index (χ0v) is 19.2. The van der Waals surface area contributed by atoms with Gasteiger partial charge in [-0.15, -0.1) is 0 Å². The molecule has 182 valence electrons. The number of H-pyrrole nitrogens is 1. The Bertz CT molecular complexity index is 1080. The lowest BCUT2D eigenvalue weighted by Gasteiger charge is -2.20. The number of imidazole rings is 1. The van der Waals surface area contributed by atoms with E-state index >= 15 is 0 Å². The molecule has 0 unspecified atom stereocenters. The van der Waals surface area contributed by atoms with Gasteiger partial charge in [-0.2, -0.15) is 18.4 Å². The number of aromatic amines is 1. The van der Waals surface area contributed by atoms with Crippen LogP contribution in [0, 0.1) is 11.3 Å². The molecule has 0 saturated heterocycles. The number of alkyl halides is 3. The Labute approximate surface area is 196 Å². The summed E-state index contributed by atoms with van der Waals surface area (Å²) in [7, 11) is 0. The van der Waals surface area contributed by atoms with Gasteiger partial charge in [0.2, 0.25) is 5.78 Å². The number of aliphatic carboxylic acids is 1. The quantitative estimate of drug-likeness (QED) is 0.464. The highest BCUT2D eigenvalue weighted by Gasteiger charge is 2.38. The summed E-state index contributed by atoms with van der Waals surface area (Å²) in [6, 6.07) is 8.58. The van der Waals surface area contributed by atoms with Crippen molar-refractivity contribution in [3.63, 3.8) is 0 Å². The third-order valence-corrected chi connectivity index (χ3v) is 5.78. The second kappa shape index (κ2) is 12.2. The molecule has 1 heterocycles. The zero-order chi connectivity index (χ0) is 25.3. The molecule has 34 heavy (non-hydrogen) atoms. The molecule has 1 aromatic heterocycles. The molecule has 1 aromatic carbocycles. The molecule has 1 aliphatic rings. The van der Waals surface area contributed by atoms with Crippen LogP contribution in [0.25, 0.3) is 5.57 Å². The van der Waals surface area contributed by atoms with E-state index in [4.69, 9.17) is 15.2 Å². The lowest BCUT2D eigenvalue weighted by molar-refractivity contribution is -0.192. The number of carbonyl (C=O) groups excluding carboxylic acids is 1. The highest BCUT2D eigenvalue weighted by molar-refractivity contribution is 5.95. The van der Waals surface area contributed by atoms with Crippen LogP contribution in [0.1, 0.15) is 91.3 Å². The van der Waals surface area contributed by atoms with Gasteiger partial charge in [0, 0.05) is 6.42 Å². The number of ketones is 1. The number of nitrogens with zero attached hydrogens (tertiary/aromatic N) is 2. The Morgan fingerprint density at radius 1 is 1.24 bits per heavy atom. The molecule has 9 heteroatoms. The number of rotatable bonds is 7. The predicted octanol–water partition coefficient (Wildman–Crippen LogP) is 6.20. The van der Waals surface area contributed by atoms with Crippen molar-refractivity contribution in [3.8, 4) is 6.07 Å². The smallest absolute Gasteiger partial charge is 0.475 e. The Morgan fingerprint density at radius 2 is 1.91 bits per heavy atom. The van der Waals surface area contributed by atoms with Gasteiger partial charge in [-0.3, -0.25) is 4.79 Å². The fourth-order valence-electron chi connectivity index (χ4n) is 3.92. The minimum atomic E-state index is -5.08. The van der Waals surface area contributed by atoms with Gasteiger partial charge in [0.05, 0.1) is 6.20 Å². The van der Waals surface area contributed by atoms with E-state index in [1.807, 2.05) is 6.07 Å². The Hall–Kier alpha value is -3.41. The maximum absolute atomic E-state index is 12.7. The van der Waals surface area contributed by atoms with Gasteiger partial charge in [0.1, 0.15) is 11.8 Å². The lowest BCUT2D eigenvalue weighted by Crippen LogP contribution is -2.21. The first-order chi connectivity index (χ1) is 16.1. The second-order valence-corrected chi connectivity index (χ2v) is 8.07. The number of allylic oxidation sites excluding steroid dienone is 2. The van der Waals surface area contributed by atoms with E-state index in [-0.39, 0.29) is 11.6 Å². The summed E-state index contributed by atoms with van der Waals surface area (Å²) in [4.78, 5) is 28.4. The molecule has 2 aromatic rings. The lowest BCUT2D eigenvalue weighted by atomic mass is 9.85. The van der Waals surface area contributed by atoms with Crippen LogP contribution in [0.4, 0.5) is 13.2 Å². The molecule has 0 fully saturated rings. The summed E-state index contributed by atoms with van der Waals surface area (Å²) in [6.07, 6.45) is 5.85. The fourth-order valence-corrected chi connectivity index (χ4v) is 3.92. The third kappa shape index (κ3) is 7.30. The summed E-state index contributed by atoms with van der Waals surface area (Å²) in [6.45, 7) is 4.46. The number of Topliss-reactive ketones (excluding diaryl/α,β-unsaturated/α-hetero) is 1. The van der Waals surface area contributed by atoms with E-state index in [0.717, 1.165) is 31.2 Å². The molecule has 0 saturated carbocycles. The fraction of sp³-hybridized carbons (Fsp3) is 0.440. The van der Waals surface area contributed by atoms with E-state index in [2.05, 4.69) is 48.1 Å². The second-order valence-electron chi connectivity index (χ2n) is 8.07.